The fraction of sp³-hybridized carbons (Fsp3) is 0.195. The standard InChI is InChI=1S/C21H22Si.2C19H18N.C17H14N.C15H10N.C12H11N.4C5H8O2.5Ir/c1-15-10-16(2)12-20(11-15)18-6-7-19-14-21(22(3,4)5)9-8-17(19)13-18;1-12-7-13(2)10-16(9-12)18-6-5-17-15(4)8-14(3)11-19(17)20-18;1-12-5-6-17-15(4)11-18(20-19(17)10-12)16-8-13(2)7-14(3)9-16;1-12-6-5-8-14(10-12)17-13(2)16-9-4-3-7-15(16)11-18-17;1-2-6-12(7-3-1)15-10-13-8-4-5-9-14(13)11-16-15;1-10-6-2-3-7-11(10)12-8-4-5-9-13-12;4*1-4(6)3-5(2)7;;;;;/h6-11,14H,1-5H3;5-9,11H,1-4H3;5-8,10-11H,1-4H3;3-7,9-11H,1-2H3;1-6,8-11H;2-9H,1H3;4*3,6H,1-2H3;;;;;/q-2;4*-1;;;;;;;;;;. The zero-order valence-electron chi connectivity index (χ0n) is 85.1. The maximum Gasteiger partial charge on any atom is 0.155 e. The second kappa shape index (κ2) is 61.1. The van der Waals surface area contributed by atoms with Crippen LogP contribution in [0.25, 0.3) is 122 Å². The molecule has 12 aromatic carbocycles. The fourth-order valence-electron chi connectivity index (χ4n) is 14.9. The molecule has 0 saturated heterocycles. The summed E-state index contributed by atoms with van der Waals surface area (Å²) >= 11 is 0. The van der Waals surface area contributed by atoms with E-state index in [0.717, 1.165) is 84.0 Å². The molecule has 5 heterocycles. The largest absolute Gasteiger partial charge is 0.512 e. The molecule has 142 heavy (non-hydrogen) atoms. The number of allylic oxidation sites excluding steroid dienone is 8. The molecule has 19 heteroatoms. The Morgan fingerprint density at radius 3 is 1.27 bits per heavy atom. The molecule has 0 bridgehead atoms. The fourth-order valence-corrected chi connectivity index (χ4v) is 16.1. The third-order valence-corrected chi connectivity index (χ3v) is 22.9. The van der Waals surface area contributed by atoms with E-state index in [1.165, 1.54) is 195 Å². The zero-order valence-corrected chi connectivity index (χ0v) is 98.1. The van der Waals surface area contributed by atoms with Gasteiger partial charge < -0.3 is 30.4 Å². The average molecular weight is 2790 g/mol. The smallest absolute Gasteiger partial charge is 0.155 e. The minimum atomic E-state index is -1.26. The SMILES string of the molecule is CC(=O)C=C(C)O.CC(=O)C=C(C)O.CC(=O)C=C(C)O.CC(=O)C=C(C)O.Cc1[c-]c(-c2[c-]c3ccc([Si](C)(C)C)cc3cc2)cc(C)c1.Cc1[c-]c(-c2cc(C)c3ccc(C)cc3n2)cc(C)c1.Cc1[c-]c(-c2ccc3c(C)cc(C)cc3n2)cc(C)c1.Cc1cc[c-]c(-c2ncc3ccccc3c2C)c1.Cc1ccccc1-c1ccccn1.[Ir].[Ir].[Ir].[Ir].[Ir].[c-]1ccccc1-c1cc2ccccc2cn1. The summed E-state index contributed by atoms with van der Waals surface area (Å²) in [6, 6.07) is 109. The number of rotatable bonds is 11. The number of aliphatic hydroxyl groups excluding tert-OH is 4. The quantitative estimate of drug-likeness (QED) is 0.0411. The molecule has 0 amide bonds. The Labute approximate surface area is 909 Å². The summed E-state index contributed by atoms with van der Waals surface area (Å²) in [7, 11) is -1.26. The van der Waals surface area contributed by atoms with Crippen molar-refractivity contribution < 1.29 is 140 Å². The number of aromatic nitrogens is 5. The van der Waals surface area contributed by atoms with Crippen LogP contribution in [0.5, 0.6) is 0 Å². The van der Waals surface area contributed by atoms with Crippen LogP contribution in [0.15, 0.2) is 321 Å². The molecule has 17 rings (SSSR count). The Balaban J connectivity index is 0.000000414. The Bertz CT molecular complexity index is 7030. The van der Waals surface area contributed by atoms with Crippen LogP contribution in [-0.4, -0.2) is 76.6 Å². The Morgan fingerprint density at radius 2 is 0.761 bits per heavy atom. The van der Waals surface area contributed by atoms with Crippen molar-refractivity contribution >= 4 is 90.5 Å². The molecule has 17 aromatic rings. The van der Waals surface area contributed by atoms with Crippen molar-refractivity contribution in [2.45, 2.75) is 165 Å². The van der Waals surface area contributed by atoms with Crippen LogP contribution in [0.4, 0.5) is 0 Å². The third kappa shape index (κ3) is 41.5. The van der Waals surface area contributed by atoms with E-state index >= 15 is 0 Å². The third-order valence-electron chi connectivity index (χ3n) is 20.8. The van der Waals surface area contributed by atoms with Crippen molar-refractivity contribution in [1.29, 1.82) is 0 Å². The molecule has 5 aromatic heterocycles. The Morgan fingerprint density at radius 1 is 0.303 bits per heavy atom. The van der Waals surface area contributed by atoms with E-state index in [9.17, 15) is 19.2 Å². The first-order chi connectivity index (χ1) is 64.9. The van der Waals surface area contributed by atoms with Gasteiger partial charge in [0.15, 0.2) is 23.1 Å². The van der Waals surface area contributed by atoms with Crippen molar-refractivity contribution in [3.63, 3.8) is 0 Å². The summed E-state index contributed by atoms with van der Waals surface area (Å²) in [5, 5.41) is 44.7. The number of fused-ring (bicyclic) bond motifs is 5. The monoisotopic (exact) mass is 2790 g/mol. The molecular weight excluding hydrogens is 2660 g/mol. The first-order valence-electron chi connectivity index (χ1n) is 45.3. The number of ketones is 4. The van der Waals surface area contributed by atoms with E-state index in [4.69, 9.17) is 30.4 Å². The minimum Gasteiger partial charge on any atom is -0.512 e. The molecular formula is C123H125Ir5N5O8Si-6. The van der Waals surface area contributed by atoms with E-state index in [2.05, 4.69) is 337 Å². The molecule has 0 atom stereocenters. The molecule has 0 aliphatic heterocycles. The number of nitrogens with zero attached hydrogens (tertiary/aromatic N) is 5. The molecule has 0 saturated carbocycles. The van der Waals surface area contributed by atoms with Crippen molar-refractivity contribution in [3.8, 4) is 67.4 Å². The van der Waals surface area contributed by atoms with Crippen molar-refractivity contribution in [1.82, 2.24) is 24.9 Å². The Hall–Kier alpha value is -12.0. The maximum atomic E-state index is 10.0. The molecule has 0 aliphatic carbocycles. The molecule has 0 spiro atoms. The molecule has 13 nitrogen and oxygen atoms in total. The second-order valence-electron chi connectivity index (χ2n) is 35.3. The first-order valence-corrected chi connectivity index (χ1v) is 48.8. The van der Waals surface area contributed by atoms with Gasteiger partial charge in [-0.25, -0.2) is 5.56 Å². The minimum absolute atomic E-state index is 0. The zero-order chi connectivity index (χ0) is 100. The maximum absolute atomic E-state index is 10.0. The van der Waals surface area contributed by atoms with Gasteiger partial charge in [0, 0.05) is 160 Å². The second-order valence-corrected chi connectivity index (χ2v) is 40.4. The summed E-state index contributed by atoms with van der Waals surface area (Å²) in [6.07, 6.45) is 10.3. The number of pyridine rings is 5. The van der Waals surface area contributed by atoms with Gasteiger partial charge in [-0.15, -0.1) is 176 Å². The first kappa shape index (κ1) is 124. The van der Waals surface area contributed by atoms with Gasteiger partial charge in [0.25, 0.3) is 0 Å². The van der Waals surface area contributed by atoms with Crippen LogP contribution in [0.3, 0.4) is 0 Å². The summed E-state index contributed by atoms with van der Waals surface area (Å²) in [4.78, 5) is 63.0. The van der Waals surface area contributed by atoms with Crippen LogP contribution in [-0.2, 0) is 120 Å². The van der Waals surface area contributed by atoms with Gasteiger partial charge in [-0.1, -0.05) is 218 Å². The number of aliphatic hydroxyl groups is 4. The van der Waals surface area contributed by atoms with Crippen molar-refractivity contribution in [3.05, 3.63) is 429 Å². The molecule has 0 unspecified atom stereocenters. The predicted octanol–water partition coefficient (Wildman–Crippen LogP) is 30.4. The van der Waals surface area contributed by atoms with Gasteiger partial charge >= 0.3 is 0 Å². The van der Waals surface area contributed by atoms with Crippen molar-refractivity contribution in [2.75, 3.05) is 0 Å². The van der Waals surface area contributed by atoms with Gasteiger partial charge in [-0.05, 0) is 193 Å². The molecule has 5 radical (unpaired) electrons. The van der Waals surface area contributed by atoms with Crippen LogP contribution < -0.4 is 5.19 Å². The number of carbonyl (C=O) groups excluding carboxylic acids is 4. The van der Waals surface area contributed by atoms with Gasteiger partial charge in [0.1, 0.15) is 0 Å². The summed E-state index contributed by atoms with van der Waals surface area (Å²) < 4.78 is 0. The predicted molar refractivity (Wildman–Crippen MR) is 574 cm³/mol. The van der Waals surface area contributed by atoms with Crippen LogP contribution in [0.1, 0.15) is 128 Å². The summed E-state index contributed by atoms with van der Waals surface area (Å²) in [5.74, 6) is -0.250. The van der Waals surface area contributed by atoms with Crippen molar-refractivity contribution in [2.24, 2.45) is 0 Å². The topological polar surface area (TPSA) is 214 Å². The van der Waals surface area contributed by atoms with E-state index in [1.54, 1.807) is 0 Å². The van der Waals surface area contributed by atoms with Gasteiger partial charge in [-0.2, -0.15) is 29.8 Å². The van der Waals surface area contributed by atoms with Gasteiger partial charge in [0.2, 0.25) is 0 Å². The summed E-state index contributed by atoms with van der Waals surface area (Å²) in [6.45, 7) is 46.0. The summed E-state index contributed by atoms with van der Waals surface area (Å²) in [5.41, 5.74) is 30.9. The number of hydrogen-bond donors (Lipinski definition) is 4. The molecule has 0 fully saturated rings. The van der Waals surface area contributed by atoms with E-state index in [-0.39, 0.29) is 147 Å². The van der Waals surface area contributed by atoms with Crippen LogP contribution >= 0.6 is 0 Å². The van der Waals surface area contributed by atoms with E-state index in [1.807, 2.05) is 97.5 Å². The normalized spacial score (nSPS) is 10.6. The average Bonchev–Trinajstić information content (AvgIpc) is 0.847. The Kier molecular flexibility index (Phi) is 53.4. The molecule has 4 N–H and O–H groups in total. The number of aryl methyl sites for hydroxylation is 13. The number of benzene rings is 12. The van der Waals surface area contributed by atoms with E-state index in [0.29, 0.717) is 0 Å². The van der Waals surface area contributed by atoms with Gasteiger partial charge in [0.05, 0.1) is 47.8 Å². The van der Waals surface area contributed by atoms with E-state index < -0.39 is 8.07 Å². The molecule has 745 valence electrons. The number of carbonyl (C=O) groups is 4. The van der Waals surface area contributed by atoms with Gasteiger partial charge in [-0.3, -0.25) is 34.1 Å². The molecule has 0 aliphatic rings. The number of hydrogen-bond acceptors (Lipinski definition) is 13. The van der Waals surface area contributed by atoms with Crippen LogP contribution in [0.2, 0.25) is 19.6 Å². The van der Waals surface area contributed by atoms with Crippen LogP contribution in [0, 0.1) is 126 Å².